The molecule has 0 radical (unpaired) electrons. The molecule has 108 valence electrons. The van der Waals surface area contributed by atoms with Gasteiger partial charge in [0.2, 0.25) is 0 Å². The van der Waals surface area contributed by atoms with Gasteiger partial charge in [-0.25, -0.2) is 4.79 Å². The van der Waals surface area contributed by atoms with Gasteiger partial charge in [0.05, 0.1) is 25.4 Å². The van der Waals surface area contributed by atoms with Crippen LogP contribution in [0, 0.1) is 6.92 Å². The van der Waals surface area contributed by atoms with E-state index < -0.39 is 0 Å². The number of nitrogens with zero attached hydrogens (tertiary/aromatic N) is 1. The molecule has 0 aliphatic heterocycles. The van der Waals surface area contributed by atoms with Crippen LogP contribution in [0.15, 0.2) is 22.9 Å². The van der Waals surface area contributed by atoms with Crippen molar-refractivity contribution in [3.05, 3.63) is 41.1 Å². The number of hydrogen-bond donors (Lipinski definition) is 2. The van der Waals surface area contributed by atoms with Gasteiger partial charge in [0, 0.05) is 5.69 Å². The molecule has 0 saturated heterocycles. The lowest BCUT2D eigenvalue weighted by molar-refractivity contribution is 0.0600. The summed E-state index contributed by atoms with van der Waals surface area (Å²) in [4.78, 5) is 11.3. The Morgan fingerprint density at radius 2 is 2.40 bits per heavy atom. The normalized spacial score (nSPS) is 10.7. The van der Waals surface area contributed by atoms with E-state index in [1.165, 1.54) is 18.9 Å². The number of ether oxygens (including phenoxy) is 1. The minimum absolute atomic E-state index is 0.379. The van der Waals surface area contributed by atoms with E-state index in [1.807, 2.05) is 13.1 Å². The summed E-state index contributed by atoms with van der Waals surface area (Å²) in [5.74, 6) is 0.348. The van der Waals surface area contributed by atoms with Crippen LogP contribution in [0.4, 0.5) is 0 Å². The zero-order valence-electron chi connectivity index (χ0n) is 11.7. The van der Waals surface area contributed by atoms with Gasteiger partial charge < -0.3 is 14.5 Å². The van der Waals surface area contributed by atoms with E-state index >= 15 is 0 Å². The summed E-state index contributed by atoms with van der Waals surface area (Å²) in [6.45, 7) is 3.49. The molecule has 20 heavy (non-hydrogen) atoms. The lowest BCUT2D eigenvalue weighted by Gasteiger charge is -2.02. The van der Waals surface area contributed by atoms with Gasteiger partial charge in [-0.1, -0.05) is 0 Å². The third kappa shape index (κ3) is 3.71. The number of H-pyrrole nitrogens is 1. The SMILES string of the molecule is COC(=O)c1coc(CNCCCc2cn[nH]c2C)c1. The monoisotopic (exact) mass is 277 g/mol. The number of methoxy groups -OCH3 is 1. The van der Waals surface area contributed by atoms with Crippen LogP contribution in [0.5, 0.6) is 0 Å². The maximum absolute atomic E-state index is 11.3. The molecule has 2 rings (SSSR count). The van der Waals surface area contributed by atoms with E-state index in [9.17, 15) is 4.79 Å². The molecule has 0 amide bonds. The van der Waals surface area contributed by atoms with Crippen LogP contribution < -0.4 is 5.32 Å². The van der Waals surface area contributed by atoms with E-state index in [-0.39, 0.29) is 5.97 Å². The average molecular weight is 277 g/mol. The molecule has 0 atom stereocenters. The molecule has 0 spiro atoms. The molecule has 0 aromatic carbocycles. The molecule has 6 heteroatoms. The molecule has 2 aromatic rings. The Bertz CT molecular complexity index is 560. The molecule has 0 aliphatic rings. The first-order chi connectivity index (χ1) is 9.70. The summed E-state index contributed by atoms with van der Waals surface area (Å²) in [5.41, 5.74) is 2.81. The van der Waals surface area contributed by atoms with Crippen molar-refractivity contribution in [2.75, 3.05) is 13.7 Å². The van der Waals surface area contributed by atoms with Crippen molar-refractivity contribution in [3.63, 3.8) is 0 Å². The molecule has 6 nitrogen and oxygen atoms in total. The summed E-state index contributed by atoms with van der Waals surface area (Å²) in [7, 11) is 1.35. The highest BCUT2D eigenvalue weighted by Crippen LogP contribution is 2.09. The first-order valence-electron chi connectivity index (χ1n) is 6.56. The van der Waals surface area contributed by atoms with E-state index in [2.05, 4.69) is 20.3 Å². The Balaban J connectivity index is 1.67. The average Bonchev–Trinajstić information content (AvgIpc) is 3.07. The number of carbonyl (C=O) groups is 1. The fourth-order valence-corrected chi connectivity index (χ4v) is 1.94. The highest BCUT2D eigenvalue weighted by molar-refractivity contribution is 5.88. The van der Waals surface area contributed by atoms with Crippen LogP contribution in [0.3, 0.4) is 0 Å². The van der Waals surface area contributed by atoms with Crippen molar-refractivity contribution in [3.8, 4) is 0 Å². The summed E-state index contributed by atoms with van der Waals surface area (Å²) in [6, 6.07) is 1.69. The van der Waals surface area contributed by atoms with E-state index in [4.69, 9.17) is 4.42 Å². The summed E-state index contributed by atoms with van der Waals surface area (Å²) in [6.07, 6.45) is 5.29. The number of esters is 1. The summed E-state index contributed by atoms with van der Waals surface area (Å²) < 4.78 is 9.90. The first kappa shape index (κ1) is 14.3. The van der Waals surface area contributed by atoms with Crippen LogP contribution in [0.2, 0.25) is 0 Å². The third-order valence-electron chi connectivity index (χ3n) is 3.11. The standard InChI is InChI=1S/C14H19N3O3/c1-10-11(7-16-17-10)4-3-5-15-8-13-6-12(9-20-13)14(18)19-2/h6-7,9,15H,3-5,8H2,1-2H3,(H,16,17). The van der Waals surface area contributed by atoms with Crippen LogP contribution in [0.1, 0.15) is 33.8 Å². The van der Waals surface area contributed by atoms with Crippen molar-refractivity contribution in [2.24, 2.45) is 0 Å². The van der Waals surface area contributed by atoms with Crippen molar-refractivity contribution in [2.45, 2.75) is 26.3 Å². The second-order valence-electron chi connectivity index (χ2n) is 4.59. The molecule has 0 unspecified atom stereocenters. The maximum atomic E-state index is 11.3. The van der Waals surface area contributed by atoms with Crippen molar-refractivity contribution < 1.29 is 13.9 Å². The largest absolute Gasteiger partial charge is 0.467 e. The lowest BCUT2D eigenvalue weighted by atomic mass is 10.1. The van der Waals surface area contributed by atoms with Gasteiger partial charge in [-0.05, 0) is 37.9 Å². The second kappa shape index (κ2) is 6.91. The van der Waals surface area contributed by atoms with Gasteiger partial charge in [0.25, 0.3) is 0 Å². The number of aromatic amines is 1. The van der Waals surface area contributed by atoms with Crippen molar-refractivity contribution in [1.29, 1.82) is 0 Å². The number of rotatable bonds is 7. The molecule has 0 saturated carbocycles. The predicted molar refractivity (Wildman–Crippen MR) is 73.4 cm³/mol. The van der Waals surface area contributed by atoms with Gasteiger partial charge in [0.1, 0.15) is 12.0 Å². The number of hydrogen-bond acceptors (Lipinski definition) is 5. The lowest BCUT2D eigenvalue weighted by Crippen LogP contribution is -2.15. The second-order valence-corrected chi connectivity index (χ2v) is 4.59. The smallest absolute Gasteiger partial charge is 0.341 e. The number of furan rings is 1. The van der Waals surface area contributed by atoms with Gasteiger partial charge in [-0.2, -0.15) is 5.10 Å². The molecule has 2 aromatic heterocycles. The van der Waals surface area contributed by atoms with E-state index in [1.54, 1.807) is 6.07 Å². The molecule has 0 aliphatic carbocycles. The van der Waals surface area contributed by atoms with Crippen molar-refractivity contribution >= 4 is 5.97 Å². The highest BCUT2D eigenvalue weighted by Gasteiger charge is 2.09. The number of nitrogens with one attached hydrogen (secondary N) is 2. The van der Waals surface area contributed by atoms with Gasteiger partial charge in [-0.15, -0.1) is 0 Å². The minimum atomic E-state index is -0.379. The Morgan fingerprint density at radius 3 is 3.10 bits per heavy atom. The van der Waals surface area contributed by atoms with Crippen LogP contribution in [-0.2, 0) is 17.7 Å². The predicted octanol–water partition coefficient (Wildman–Crippen LogP) is 1.82. The molecule has 0 fully saturated rings. The molecule has 0 bridgehead atoms. The van der Waals surface area contributed by atoms with Gasteiger partial charge in [-0.3, -0.25) is 5.10 Å². The van der Waals surface area contributed by atoms with E-state index in [0.29, 0.717) is 12.1 Å². The number of aromatic nitrogens is 2. The minimum Gasteiger partial charge on any atom is -0.467 e. The van der Waals surface area contributed by atoms with E-state index in [0.717, 1.165) is 30.8 Å². The fourth-order valence-electron chi connectivity index (χ4n) is 1.94. The Kier molecular flexibility index (Phi) is 4.95. The number of carbonyl (C=O) groups excluding carboxylic acids is 1. The topological polar surface area (TPSA) is 80.2 Å². The molecular weight excluding hydrogens is 258 g/mol. The van der Waals surface area contributed by atoms with Crippen LogP contribution >= 0.6 is 0 Å². The quantitative estimate of drug-likeness (QED) is 0.596. The van der Waals surface area contributed by atoms with Crippen LogP contribution in [-0.4, -0.2) is 29.8 Å². The zero-order chi connectivity index (χ0) is 14.4. The highest BCUT2D eigenvalue weighted by atomic mass is 16.5. The Labute approximate surface area is 117 Å². The van der Waals surface area contributed by atoms with Gasteiger partial charge >= 0.3 is 5.97 Å². The fraction of sp³-hybridized carbons (Fsp3) is 0.429. The number of aryl methyl sites for hydroxylation is 2. The summed E-state index contributed by atoms with van der Waals surface area (Å²) in [5, 5.41) is 10.2. The Morgan fingerprint density at radius 1 is 1.55 bits per heavy atom. The zero-order valence-corrected chi connectivity index (χ0v) is 11.7. The third-order valence-corrected chi connectivity index (χ3v) is 3.11. The molecule has 2 heterocycles. The Hall–Kier alpha value is -2.08. The first-order valence-corrected chi connectivity index (χ1v) is 6.56. The van der Waals surface area contributed by atoms with Crippen LogP contribution in [0.25, 0.3) is 0 Å². The summed E-state index contributed by atoms with van der Waals surface area (Å²) >= 11 is 0. The van der Waals surface area contributed by atoms with Gasteiger partial charge in [0.15, 0.2) is 0 Å². The molecular formula is C14H19N3O3. The van der Waals surface area contributed by atoms with Crippen molar-refractivity contribution in [1.82, 2.24) is 15.5 Å². The maximum Gasteiger partial charge on any atom is 0.341 e. The molecule has 2 N–H and O–H groups in total.